The molecule has 2 heterocycles. The number of benzene rings is 1. The second-order valence-corrected chi connectivity index (χ2v) is 5.73. The first-order chi connectivity index (χ1) is 11.7. The van der Waals surface area contributed by atoms with Gasteiger partial charge in [0.25, 0.3) is 5.56 Å². The summed E-state index contributed by atoms with van der Waals surface area (Å²) in [5.41, 5.74) is 0.650. The lowest BCUT2D eigenvalue weighted by atomic mass is 10.1. The van der Waals surface area contributed by atoms with Crippen LogP contribution in [0.2, 0.25) is 0 Å². The summed E-state index contributed by atoms with van der Waals surface area (Å²) in [5.74, 6) is 0.206. The summed E-state index contributed by atoms with van der Waals surface area (Å²) in [7, 11) is 0. The van der Waals surface area contributed by atoms with E-state index in [9.17, 15) is 9.59 Å². The van der Waals surface area contributed by atoms with E-state index in [1.54, 1.807) is 0 Å². The van der Waals surface area contributed by atoms with Crippen LogP contribution in [0.5, 0.6) is 0 Å². The van der Waals surface area contributed by atoms with Crippen molar-refractivity contribution in [2.75, 3.05) is 6.61 Å². The van der Waals surface area contributed by atoms with Gasteiger partial charge in [0.05, 0.1) is 6.04 Å². The van der Waals surface area contributed by atoms with Crippen LogP contribution >= 0.6 is 0 Å². The average molecular weight is 328 g/mol. The minimum Gasteiger partial charge on any atom is -0.368 e. The molecule has 1 saturated heterocycles. The monoisotopic (exact) mass is 328 g/mol. The molecule has 1 aromatic heterocycles. The van der Waals surface area contributed by atoms with E-state index < -0.39 is 12.1 Å². The van der Waals surface area contributed by atoms with Crippen LogP contribution < -0.4 is 10.9 Å². The van der Waals surface area contributed by atoms with Gasteiger partial charge in [0.1, 0.15) is 6.10 Å². The Morgan fingerprint density at radius 3 is 2.79 bits per heavy atom. The third-order valence-corrected chi connectivity index (χ3v) is 4.05. The Labute approximate surface area is 139 Å². The Hall–Kier alpha value is -2.54. The van der Waals surface area contributed by atoms with Crippen LogP contribution in [0.4, 0.5) is 0 Å². The van der Waals surface area contributed by atoms with Gasteiger partial charge in [0.15, 0.2) is 11.5 Å². The summed E-state index contributed by atoms with van der Waals surface area (Å²) in [6.07, 6.45) is 1.69. The van der Waals surface area contributed by atoms with Crippen molar-refractivity contribution in [2.24, 2.45) is 0 Å². The van der Waals surface area contributed by atoms with Crippen LogP contribution in [-0.2, 0) is 9.53 Å². The molecule has 3 rings (SSSR count). The highest BCUT2D eigenvalue weighted by Crippen LogP contribution is 2.16. The Balaban J connectivity index is 1.79. The van der Waals surface area contributed by atoms with Gasteiger partial charge in [-0.3, -0.25) is 9.59 Å². The van der Waals surface area contributed by atoms with Gasteiger partial charge in [0, 0.05) is 12.2 Å². The predicted molar refractivity (Wildman–Crippen MR) is 88.2 cm³/mol. The molecule has 2 atom stereocenters. The summed E-state index contributed by atoms with van der Waals surface area (Å²) < 4.78 is 5.37. The van der Waals surface area contributed by atoms with Crippen LogP contribution in [0, 0.1) is 0 Å². The van der Waals surface area contributed by atoms with Crippen molar-refractivity contribution in [1.29, 1.82) is 0 Å². The number of nitrogens with zero attached hydrogens (tertiary/aromatic N) is 2. The fourth-order valence-corrected chi connectivity index (χ4v) is 2.71. The first-order valence-corrected chi connectivity index (χ1v) is 8.13. The summed E-state index contributed by atoms with van der Waals surface area (Å²) in [6, 6.07) is 8.81. The number of H-pyrrole nitrogens is 1. The molecule has 2 unspecified atom stereocenters. The molecule has 1 amide bonds. The zero-order valence-electron chi connectivity index (χ0n) is 13.5. The molecule has 7 nitrogen and oxygen atoms in total. The van der Waals surface area contributed by atoms with Crippen molar-refractivity contribution in [3.05, 3.63) is 46.4 Å². The number of hydrogen-bond donors (Lipinski definition) is 2. The third-order valence-electron chi connectivity index (χ3n) is 4.05. The summed E-state index contributed by atoms with van der Waals surface area (Å²) >= 11 is 0. The van der Waals surface area contributed by atoms with E-state index in [4.69, 9.17) is 4.74 Å². The molecule has 7 heteroatoms. The number of rotatable bonds is 5. The Morgan fingerprint density at radius 1 is 1.38 bits per heavy atom. The van der Waals surface area contributed by atoms with Crippen molar-refractivity contribution in [3.8, 4) is 11.4 Å². The first-order valence-electron chi connectivity index (χ1n) is 8.13. The summed E-state index contributed by atoms with van der Waals surface area (Å²) in [4.78, 5) is 27.3. The van der Waals surface area contributed by atoms with Crippen molar-refractivity contribution in [3.63, 3.8) is 0 Å². The average Bonchev–Trinajstić information content (AvgIpc) is 3.15. The second kappa shape index (κ2) is 7.35. The number of carbonyl (C=O) groups is 1. The van der Waals surface area contributed by atoms with Gasteiger partial charge in [-0.25, -0.2) is 0 Å². The molecule has 2 aromatic rings. The smallest absolute Gasteiger partial charge is 0.275 e. The van der Waals surface area contributed by atoms with Crippen LogP contribution in [-0.4, -0.2) is 33.8 Å². The second-order valence-electron chi connectivity index (χ2n) is 5.73. The van der Waals surface area contributed by atoms with E-state index in [2.05, 4.69) is 20.5 Å². The zero-order valence-corrected chi connectivity index (χ0v) is 13.5. The van der Waals surface area contributed by atoms with Gasteiger partial charge in [0.2, 0.25) is 5.91 Å². The SMILES string of the molecule is CCC(NC(=O)C1CCCO1)c1nnc(-c2ccccc2)[nH]c1=O. The normalized spacial score (nSPS) is 18.3. The fraction of sp³-hybridized carbons (Fsp3) is 0.412. The highest BCUT2D eigenvalue weighted by Gasteiger charge is 2.27. The molecule has 0 saturated carbocycles. The predicted octanol–water partition coefficient (Wildman–Crippen LogP) is 1.58. The number of hydrogen-bond acceptors (Lipinski definition) is 5. The van der Waals surface area contributed by atoms with Crippen LogP contribution in [0.1, 0.15) is 37.9 Å². The van der Waals surface area contributed by atoms with Crippen LogP contribution in [0.25, 0.3) is 11.4 Å². The Kier molecular flexibility index (Phi) is 5.00. The van der Waals surface area contributed by atoms with Crippen molar-refractivity contribution in [2.45, 2.75) is 38.3 Å². The minimum absolute atomic E-state index is 0.201. The van der Waals surface area contributed by atoms with Gasteiger partial charge in [-0.05, 0) is 19.3 Å². The topological polar surface area (TPSA) is 97.0 Å². The van der Waals surface area contributed by atoms with E-state index in [0.29, 0.717) is 25.3 Å². The number of amides is 1. The Morgan fingerprint density at radius 2 is 2.17 bits per heavy atom. The van der Waals surface area contributed by atoms with Crippen molar-refractivity contribution in [1.82, 2.24) is 20.5 Å². The van der Waals surface area contributed by atoms with Gasteiger partial charge < -0.3 is 15.0 Å². The molecular weight excluding hydrogens is 308 g/mol. The third kappa shape index (κ3) is 3.51. The maximum atomic E-state index is 12.4. The number of aromatic nitrogens is 3. The van der Waals surface area contributed by atoms with Crippen molar-refractivity contribution < 1.29 is 9.53 Å². The molecule has 2 N–H and O–H groups in total. The number of aromatic amines is 1. The van der Waals surface area contributed by atoms with Gasteiger partial charge in [-0.1, -0.05) is 37.3 Å². The number of ether oxygens (including phenoxy) is 1. The van der Waals surface area contributed by atoms with Crippen LogP contribution in [0.3, 0.4) is 0 Å². The van der Waals surface area contributed by atoms with Crippen LogP contribution in [0.15, 0.2) is 35.1 Å². The standard InChI is InChI=1S/C17H20N4O3/c1-2-12(18-16(22)13-9-6-10-24-13)14-17(23)19-15(21-20-14)11-7-4-3-5-8-11/h3-5,7-8,12-13H,2,6,9-10H2,1H3,(H,18,22)(H,19,21,23). The quantitative estimate of drug-likeness (QED) is 0.868. The highest BCUT2D eigenvalue weighted by atomic mass is 16.5. The van der Waals surface area contributed by atoms with Gasteiger partial charge in [-0.15, -0.1) is 10.2 Å². The van der Waals surface area contributed by atoms with E-state index in [1.165, 1.54) is 0 Å². The highest BCUT2D eigenvalue weighted by molar-refractivity contribution is 5.81. The first kappa shape index (κ1) is 16.3. The molecule has 126 valence electrons. The number of nitrogens with one attached hydrogen (secondary N) is 2. The molecule has 1 aromatic carbocycles. The van der Waals surface area contributed by atoms with E-state index in [0.717, 1.165) is 12.0 Å². The zero-order chi connectivity index (χ0) is 16.9. The molecule has 1 aliphatic rings. The van der Waals surface area contributed by atoms with Crippen molar-refractivity contribution >= 4 is 5.91 Å². The van der Waals surface area contributed by atoms with E-state index in [1.807, 2.05) is 37.3 Å². The molecule has 0 aliphatic carbocycles. The molecule has 24 heavy (non-hydrogen) atoms. The maximum absolute atomic E-state index is 12.4. The lowest BCUT2D eigenvalue weighted by Gasteiger charge is -2.18. The molecule has 0 bridgehead atoms. The molecule has 1 fully saturated rings. The maximum Gasteiger partial charge on any atom is 0.275 e. The molecule has 1 aliphatic heterocycles. The van der Waals surface area contributed by atoms with E-state index in [-0.39, 0.29) is 17.2 Å². The largest absolute Gasteiger partial charge is 0.368 e. The van der Waals surface area contributed by atoms with E-state index >= 15 is 0 Å². The van der Waals surface area contributed by atoms with Gasteiger partial charge in [-0.2, -0.15) is 0 Å². The molecule has 0 radical (unpaired) electrons. The lowest BCUT2D eigenvalue weighted by molar-refractivity contribution is -0.130. The minimum atomic E-state index is -0.484. The Bertz CT molecular complexity index is 754. The molecule has 0 spiro atoms. The van der Waals surface area contributed by atoms with Gasteiger partial charge >= 0.3 is 0 Å². The molecular formula is C17H20N4O3. The lowest BCUT2D eigenvalue weighted by Crippen LogP contribution is -2.39. The number of carbonyl (C=O) groups excluding carboxylic acids is 1. The summed E-state index contributed by atoms with van der Waals surface area (Å²) in [5, 5.41) is 11.0. The summed E-state index contributed by atoms with van der Waals surface area (Å²) in [6.45, 7) is 2.48. The fourth-order valence-electron chi connectivity index (χ4n) is 2.71.